The molecule has 0 fully saturated rings. The maximum absolute atomic E-state index is 13.7. The fourth-order valence-corrected chi connectivity index (χ4v) is 10.3. The third-order valence-electron chi connectivity index (χ3n) is 14.5. The van der Waals surface area contributed by atoms with E-state index in [1.54, 1.807) is 71.4 Å². The van der Waals surface area contributed by atoms with Gasteiger partial charge in [-0.1, -0.05) is 39.5 Å². The normalized spacial score (nSPS) is 10.5. The highest BCUT2D eigenvalue weighted by molar-refractivity contribution is 9.08. The Bertz CT molecular complexity index is 5430. The molecule has 0 radical (unpaired) electrons. The molecule has 10 aromatic rings. The van der Waals surface area contributed by atoms with E-state index in [0.29, 0.717) is 61.5 Å². The van der Waals surface area contributed by atoms with Crippen LogP contribution in [-0.4, -0.2) is 149 Å². The zero-order valence-electron chi connectivity index (χ0n) is 61.6. The van der Waals surface area contributed by atoms with E-state index in [2.05, 4.69) is 76.7 Å². The maximum Gasteiger partial charge on any atom is 0.364 e. The molecule has 0 atom stereocenters. The van der Waals surface area contributed by atoms with Gasteiger partial charge in [-0.15, -0.1) is 10.2 Å². The van der Waals surface area contributed by atoms with E-state index in [-0.39, 0.29) is 72.3 Å². The van der Waals surface area contributed by atoms with Gasteiger partial charge in [-0.2, -0.15) is 30.2 Å². The number of carbonyl (C=O) groups is 4. The van der Waals surface area contributed by atoms with Gasteiger partial charge in [0.2, 0.25) is 34.7 Å². The number of halogens is 13. The molecule has 0 amide bonds. The molecule has 612 valence electrons. The van der Waals surface area contributed by atoms with Crippen molar-refractivity contribution in [1.29, 1.82) is 0 Å². The largest absolute Gasteiger partial charge is 0.493 e. The molecule has 30 nitrogen and oxygen atoms in total. The molecule has 0 saturated carbocycles. The number of hydrogen-bond donors (Lipinski definition) is 4. The van der Waals surface area contributed by atoms with Gasteiger partial charge in [0, 0.05) is 28.8 Å². The van der Waals surface area contributed by atoms with Crippen LogP contribution in [0.4, 0.5) is 76.0 Å². The highest BCUT2D eigenvalue weighted by Gasteiger charge is 2.25. The van der Waals surface area contributed by atoms with Crippen LogP contribution in [0.1, 0.15) is 96.1 Å². The molecule has 4 heterocycles. The Hall–Kier alpha value is -12.4. The summed E-state index contributed by atoms with van der Waals surface area (Å²) in [6, 6.07) is 12.9. The van der Waals surface area contributed by atoms with Crippen LogP contribution >= 0.6 is 39.5 Å². The number of nitrogens with zero attached hydrogens (tertiary/aromatic N) is 11. The smallest absolute Gasteiger partial charge is 0.364 e. The molecule has 0 aliphatic rings. The summed E-state index contributed by atoms with van der Waals surface area (Å²) in [7, 11) is 5.80. The Labute approximate surface area is 657 Å². The quantitative estimate of drug-likeness (QED) is 0.0109. The second-order valence-corrected chi connectivity index (χ2v) is 24.4. The predicted molar refractivity (Wildman–Crippen MR) is 390 cm³/mol. The second-order valence-electron chi connectivity index (χ2n) is 22.3. The van der Waals surface area contributed by atoms with Gasteiger partial charge in [0.1, 0.15) is 0 Å². The lowest BCUT2D eigenvalue weighted by atomic mass is 10.1. The van der Waals surface area contributed by atoms with Gasteiger partial charge in [0.15, 0.2) is 103 Å². The molecule has 115 heavy (non-hydrogen) atoms. The first-order valence-corrected chi connectivity index (χ1v) is 36.0. The van der Waals surface area contributed by atoms with E-state index in [1.807, 2.05) is 0 Å². The van der Waals surface area contributed by atoms with Crippen LogP contribution in [0.5, 0.6) is 23.0 Å². The molecule has 0 unspecified atom stereocenters. The average Bonchev–Trinajstić information content (AvgIpc) is 0.803. The Kier molecular flexibility index (Phi) is 33.8. The fourth-order valence-electron chi connectivity index (χ4n) is 9.21. The highest BCUT2D eigenvalue weighted by atomic mass is 79.9. The first-order chi connectivity index (χ1) is 54.5. The third-order valence-corrected chi connectivity index (χ3v) is 16.4. The number of anilines is 4. The Morgan fingerprint density at radius 1 is 0.443 bits per heavy atom. The topological polar surface area (TPSA) is 379 Å². The minimum Gasteiger partial charge on any atom is -0.493 e. The van der Waals surface area contributed by atoms with Gasteiger partial charge in [0.25, 0.3) is 5.56 Å². The number of esters is 3. The number of rotatable bonds is 24. The number of aromatic nitrogens is 12. The van der Waals surface area contributed by atoms with Crippen LogP contribution < -0.4 is 51.8 Å². The Morgan fingerprint density at radius 3 is 1.08 bits per heavy atom. The van der Waals surface area contributed by atoms with Crippen LogP contribution in [0.2, 0.25) is 0 Å². The van der Waals surface area contributed by atoms with E-state index in [4.69, 9.17) is 28.4 Å². The zero-order chi connectivity index (χ0) is 85.4. The minimum absolute atomic E-state index is 0.0147. The van der Waals surface area contributed by atoms with Gasteiger partial charge in [-0.05, 0) is 141 Å². The van der Waals surface area contributed by atoms with Crippen molar-refractivity contribution in [3.05, 3.63) is 240 Å². The standard InChI is InChI=1S/C22H21F3N4O5.C20H17F3N4O5.C14H12F3N3O3S.C7H4BrF3.C7H9N3O3S/c1-5-34-21(31)19-20(30)27-22(26-15-9-17(33-4)16(32-3)6-11(15)2)29(28-19)10-12-7-13(23)18(25)14(24)8-12;1-9-4-14(31-2)15(32-3)7-13(9)24-20-25-18(28)17(19(29)30)26-27(20)8-10-5-11(21)16(23)12(22)6-10;1-3-23-13(22)11-12(21)18-14(24-2)20(19-11)6-7-4-8(15)10(17)9(16)5-7;8-3-4-1-5(9)7(11)6(10)2-4;1-3-13-6(12)4-5(11)8-7(14-2)10-9-4/h6-9H,5,10H2,1-4H3,(H,26,27,30);4-7H,8H2,1-3H3,(H,29,30)(H,24,25,28);4-5H,3,6H2,1-2H3;1-2H,3H2;3H2,1-2H3,(H,8,10,11). The molecular formula is C70H63BrF12N14O16S2. The van der Waals surface area contributed by atoms with E-state index < -0.39 is 140 Å². The van der Waals surface area contributed by atoms with Crippen LogP contribution in [0.25, 0.3) is 0 Å². The van der Waals surface area contributed by atoms with Crippen LogP contribution in [0, 0.1) is 83.7 Å². The van der Waals surface area contributed by atoms with Crippen molar-refractivity contribution in [3.63, 3.8) is 0 Å². The average molecular weight is 1730 g/mol. The summed E-state index contributed by atoms with van der Waals surface area (Å²) in [4.78, 5) is 108. The van der Waals surface area contributed by atoms with E-state index in [1.165, 1.54) is 40.2 Å². The molecule has 0 spiro atoms. The lowest BCUT2D eigenvalue weighted by molar-refractivity contribution is 0.0503. The Morgan fingerprint density at radius 2 is 0.757 bits per heavy atom. The summed E-state index contributed by atoms with van der Waals surface area (Å²) in [5.41, 5.74) is -3.47. The van der Waals surface area contributed by atoms with E-state index >= 15 is 0 Å². The third kappa shape index (κ3) is 24.3. The van der Waals surface area contributed by atoms with Crippen molar-refractivity contribution in [2.24, 2.45) is 0 Å². The number of ether oxygens (including phenoxy) is 7. The van der Waals surface area contributed by atoms with Crippen molar-refractivity contribution >= 4 is 86.6 Å². The fraction of sp³-hybridized carbons (Fsp3) is 0.257. The van der Waals surface area contributed by atoms with E-state index in [9.17, 15) is 96.1 Å². The number of nitrogens with one attached hydrogen (secondary N) is 3. The van der Waals surface area contributed by atoms with Crippen molar-refractivity contribution < 1.29 is 110 Å². The molecule has 0 aliphatic carbocycles. The monoisotopic (exact) mass is 1730 g/mol. The van der Waals surface area contributed by atoms with Gasteiger partial charge in [0.05, 0.1) is 67.9 Å². The number of carbonyl (C=O) groups excluding carboxylic acids is 3. The lowest BCUT2D eigenvalue weighted by Crippen LogP contribution is -2.28. The van der Waals surface area contributed by atoms with Crippen molar-refractivity contribution in [3.8, 4) is 23.0 Å². The van der Waals surface area contributed by atoms with Crippen LogP contribution in [-0.2, 0) is 39.2 Å². The summed E-state index contributed by atoms with van der Waals surface area (Å²) in [5, 5.41) is 34.4. The maximum atomic E-state index is 13.7. The van der Waals surface area contributed by atoms with Gasteiger partial charge in [-0.25, -0.2) is 85.9 Å². The predicted octanol–water partition coefficient (Wildman–Crippen LogP) is 11.3. The van der Waals surface area contributed by atoms with Gasteiger partial charge < -0.3 is 48.9 Å². The number of H-pyrrole nitrogens is 1. The van der Waals surface area contributed by atoms with Crippen LogP contribution in [0.15, 0.2) is 102 Å². The highest BCUT2D eigenvalue weighted by Crippen LogP contribution is 2.36. The number of aromatic amines is 1. The van der Waals surface area contributed by atoms with Gasteiger partial charge in [-0.3, -0.25) is 24.2 Å². The number of aryl methyl sites for hydroxylation is 2. The van der Waals surface area contributed by atoms with Crippen molar-refractivity contribution in [2.45, 2.75) is 69.9 Å². The molecule has 0 saturated heterocycles. The SMILES string of the molecule is CCOC(=O)c1nn(Cc2cc(F)c(F)c(F)c2)c(Nc2cc(OC)c(OC)cc2C)nc1=O.CCOC(=O)c1nn(Cc2cc(F)c(F)c(F)c2)c(SC)nc1=O.CCOC(=O)c1nnc(SC)[nH]c1=O.COc1cc(C)c(Nc2nc(=O)c(C(=O)O)nn2Cc2cc(F)c(F)c(F)c2)cc1OC.Fc1cc(CBr)cc(F)c1F. The number of alkyl halides is 1. The number of hydrogen-bond acceptors (Lipinski definition) is 27. The molecule has 0 bridgehead atoms. The second kappa shape index (κ2) is 42.5. The van der Waals surface area contributed by atoms with Crippen LogP contribution in [0.3, 0.4) is 0 Å². The molecule has 10 rings (SSSR count). The minimum atomic E-state index is -1.65. The number of benzene rings is 6. The molecule has 4 N–H and O–H groups in total. The summed E-state index contributed by atoms with van der Waals surface area (Å²) < 4.78 is 196. The summed E-state index contributed by atoms with van der Waals surface area (Å²) in [6.07, 6.45) is 3.35. The zero-order valence-corrected chi connectivity index (χ0v) is 64.8. The first kappa shape index (κ1) is 91.5. The molecule has 4 aromatic heterocycles. The number of carboxylic acids is 1. The summed E-state index contributed by atoms with van der Waals surface area (Å²) in [5.74, 6) is -20.1. The van der Waals surface area contributed by atoms with E-state index in [0.717, 1.165) is 74.3 Å². The van der Waals surface area contributed by atoms with Gasteiger partial charge >= 0.3 is 40.6 Å². The number of carboxylic acid groups (broad SMARTS) is 1. The first-order valence-electron chi connectivity index (χ1n) is 32.4. The molecule has 6 aromatic carbocycles. The molecule has 45 heteroatoms. The molecular weight excluding hydrogens is 1660 g/mol. The molecule has 0 aliphatic heterocycles. The lowest BCUT2D eigenvalue weighted by Gasteiger charge is -2.17. The number of methoxy groups -OCH3 is 4. The Balaban J connectivity index is 0.000000235. The summed E-state index contributed by atoms with van der Waals surface area (Å²) in [6.45, 7) is 7.45. The number of thioether (sulfide) groups is 2. The summed E-state index contributed by atoms with van der Waals surface area (Å²) >= 11 is 5.28. The van der Waals surface area contributed by atoms with Crippen molar-refractivity contribution in [1.82, 2.24) is 59.5 Å². The van der Waals surface area contributed by atoms with Crippen molar-refractivity contribution in [2.75, 3.05) is 71.4 Å². The number of aromatic carboxylic acids is 1.